The summed E-state index contributed by atoms with van der Waals surface area (Å²) in [4.78, 5) is 50.2. The maximum Gasteiger partial charge on any atom is 0.224 e. The summed E-state index contributed by atoms with van der Waals surface area (Å²) in [5.74, 6) is -0.165. The highest BCUT2D eigenvalue weighted by Gasteiger charge is 2.21. The van der Waals surface area contributed by atoms with E-state index in [0.29, 0.717) is 59.7 Å². The lowest BCUT2D eigenvalue weighted by atomic mass is 10.1. The number of ether oxygens (including phenoxy) is 2. The van der Waals surface area contributed by atoms with Crippen molar-refractivity contribution in [3.8, 4) is 11.5 Å². The zero-order chi connectivity index (χ0) is 32.8. The van der Waals surface area contributed by atoms with Crippen molar-refractivity contribution in [1.82, 2.24) is 4.90 Å². The molecule has 11 heteroatoms. The van der Waals surface area contributed by atoms with Crippen LogP contribution in [0.4, 0.5) is 11.4 Å². The fourth-order valence-electron chi connectivity index (χ4n) is 4.43. The zero-order valence-corrected chi connectivity index (χ0v) is 26.6. The lowest BCUT2D eigenvalue weighted by molar-refractivity contribution is -0.117. The van der Waals surface area contributed by atoms with Gasteiger partial charge in [-0.05, 0) is 76.9 Å². The van der Waals surface area contributed by atoms with Gasteiger partial charge in [-0.3, -0.25) is 24.1 Å². The molecule has 0 heterocycles. The van der Waals surface area contributed by atoms with Crippen LogP contribution in [0, 0.1) is 0 Å². The summed E-state index contributed by atoms with van der Waals surface area (Å²) in [7, 11) is 0. The topological polar surface area (TPSA) is 154 Å². The molecule has 0 aromatic heterocycles. The molecule has 0 bridgehead atoms. The van der Waals surface area contributed by atoms with Gasteiger partial charge in [-0.15, -0.1) is 0 Å². The molecular formula is C33H47N3O8. The Morgan fingerprint density at radius 2 is 1.11 bits per heavy atom. The molecule has 0 aliphatic rings. The van der Waals surface area contributed by atoms with Gasteiger partial charge in [0.1, 0.15) is 36.9 Å². The molecule has 2 rings (SSSR count). The van der Waals surface area contributed by atoms with E-state index in [0.717, 1.165) is 0 Å². The van der Waals surface area contributed by atoms with Crippen molar-refractivity contribution in [2.75, 3.05) is 36.9 Å². The van der Waals surface area contributed by atoms with E-state index in [9.17, 15) is 29.4 Å². The van der Waals surface area contributed by atoms with Crippen LogP contribution in [0.25, 0.3) is 0 Å². The van der Waals surface area contributed by atoms with Crippen molar-refractivity contribution in [3.63, 3.8) is 0 Å². The molecule has 0 spiro atoms. The van der Waals surface area contributed by atoms with Crippen molar-refractivity contribution < 1.29 is 38.9 Å². The molecule has 0 saturated carbocycles. The molecule has 2 aromatic carbocycles. The van der Waals surface area contributed by atoms with Gasteiger partial charge in [0, 0.05) is 43.3 Å². The Bertz CT molecular complexity index is 1190. The minimum atomic E-state index is -0.936. The lowest BCUT2D eigenvalue weighted by Crippen LogP contribution is -2.45. The highest BCUT2D eigenvalue weighted by molar-refractivity contribution is 6.00. The fourth-order valence-corrected chi connectivity index (χ4v) is 4.43. The first kappa shape index (κ1) is 36.4. The minimum Gasteiger partial charge on any atom is -0.490 e. The molecule has 0 fully saturated rings. The molecular weight excluding hydrogens is 566 g/mol. The Hall–Kier alpha value is -3.80. The van der Waals surface area contributed by atoms with Crippen LogP contribution in [0.5, 0.6) is 11.5 Å². The number of amides is 2. The summed E-state index contributed by atoms with van der Waals surface area (Å²) in [6.07, 6.45) is 0.289. The smallest absolute Gasteiger partial charge is 0.224 e. The van der Waals surface area contributed by atoms with Crippen LogP contribution in [-0.4, -0.2) is 83.0 Å². The average Bonchev–Trinajstić information content (AvgIpc) is 2.95. The summed E-state index contributed by atoms with van der Waals surface area (Å²) in [6.45, 7) is 10.6. The van der Waals surface area contributed by atoms with Crippen LogP contribution >= 0.6 is 0 Å². The van der Waals surface area contributed by atoms with E-state index in [1.807, 2.05) is 32.6 Å². The Labute approximate surface area is 259 Å². The third kappa shape index (κ3) is 12.1. The van der Waals surface area contributed by atoms with Gasteiger partial charge in [-0.2, -0.15) is 0 Å². The first-order chi connectivity index (χ1) is 20.8. The number of carbonyl (C=O) groups excluding carboxylic acids is 4. The van der Waals surface area contributed by atoms with Crippen LogP contribution in [-0.2, 0) is 9.59 Å². The predicted octanol–water partition coefficient (Wildman–Crippen LogP) is 4.46. The predicted molar refractivity (Wildman–Crippen MR) is 170 cm³/mol. The van der Waals surface area contributed by atoms with Crippen LogP contribution in [0.1, 0.15) is 87.9 Å². The summed E-state index contributed by atoms with van der Waals surface area (Å²) < 4.78 is 11.6. The first-order valence-corrected chi connectivity index (χ1v) is 15.1. The van der Waals surface area contributed by atoms with E-state index in [1.54, 1.807) is 36.4 Å². The maximum absolute atomic E-state index is 12.2. The number of ketones is 2. The normalized spacial score (nSPS) is 12.5. The van der Waals surface area contributed by atoms with E-state index >= 15 is 0 Å². The third-order valence-corrected chi connectivity index (χ3v) is 6.72. The summed E-state index contributed by atoms with van der Waals surface area (Å²) in [6, 6.07) is 9.56. The quantitative estimate of drug-likeness (QED) is 0.168. The molecule has 44 heavy (non-hydrogen) atoms. The number of hydrogen-bond acceptors (Lipinski definition) is 9. The minimum absolute atomic E-state index is 0.0307. The Kier molecular flexibility index (Phi) is 15.0. The number of carbonyl (C=O) groups is 4. The highest BCUT2D eigenvalue weighted by Crippen LogP contribution is 2.25. The van der Waals surface area contributed by atoms with Crippen LogP contribution < -0.4 is 20.1 Å². The third-order valence-electron chi connectivity index (χ3n) is 6.72. The number of aliphatic hydroxyl groups excluding tert-OH is 2. The largest absolute Gasteiger partial charge is 0.490 e. The van der Waals surface area contributed by atoms with Crippen molar-refractivity contribution in [1.29, 1.82) is 0 Å². The van der Waals surface area contributed by atoms with Gasteiger partial charge in [0.2, 0.25) is 11.8 Å². The monoisotopic (exact) mass is 613 g/mol. The molecule has 2 amide bonds. The number of Topliss-reactive ketones (excluding diaryl/α,β-unsaturated/α-hetero) is 2. The highest BCUT2D eigenvalue weighted by atomic mass is 16.5. The van der Waals surface area contributed by atoms with Crippen LogP contribution in [0.2, 0.25) is 0 Å². The molecule has 0 saturated heterocycles. The van der Waals surface area contributed by atoms with Crippen LogP contribution in [0.3, 0.4) is 0 Å². The summed E-state index contributed by atoms with van der Waals surface area (Å²) >= 11 is 0. The first-order valence-electron chi connectivity index (χ1n) is 15.1. The number of aliphatic hydroxyl groups is 2. The van der Waals surface area contributed by atoms with Gasteiger partial charge in [0.25, 0.3) is 0 Å². The molecule has 11 nitrogen and oxygen atoms in total. The Balaban J connectivity index is 1.97. The maximum atomic E-state index is 12.2. The van der Waals surface area contributed by atoms with Gasteiger partial charge < -0.3 is 30.3 Å². The number of nitrogens with one attached hydrogen (secondary N) is 2. The number of nitrogens with zero attached hydrogens (tertiary/aromatic N) is 1. The molecule has 2 aromatic rings. The van der Waals surface area contributed by atoms with Gasteiger partial charge in [0.15, 0.2) is 11.6 Å². The van der Waals surface area contributed by atoms with Crippen molar-refractivity contribution in [2.24, 2.45) is 0 Å². The van der Waals surface area contributed by atoms with E-state index in [2.05, 4.69) is 10.6 Å². The number of benzene rings is 2. The molecule has 242 valence electrons. The lowest BCUT2D eigenvalue weighted by Gasteiger charge is -2.30. The van der Waals surface area contributed by atoms with Crippen molar-refractivity contribution >= 4 is 34.8 Å². The van der Waals surface area contributed by atoms with Gasteiger partial charge >= 0.3 is 0 Å². The average molecular weight is 614 g/mol. The molecule has 0 aliphatic carbocycles. The van der Waals surface area contributed by atoms with Crippen LogP contribution in [0.15, 0.2) is 36.4 Å². The number of anilines is 2. The fraction of sp³-hybridized carbons (Fsp3) is 0.515. The second kappa shape index (κ2) is 18.1. The van der Waals surface area contributed by atoms with Crippen molar-refractivity contribution in [3.05, 3.63) is 47.5 Å². The van der Waals surface area contributed by atoms with Gasteiger partial charge in [0.05, 0.1) is 11.1 Å². The van der Waals surface area contributed by atoms with E-state index < -0.39 is 12.2 Å². The van der Waals surface area contributed by atoms with E-state index in [-0.39, 0.29) is 55.7 Å². The van der Waals surface area contributed by atoms with Gasteiger partial charge in [-0.25, -0.2) is 0 Å². The molecule has 0 unspecified atom stereocenters. The summed E-state index contributed by atoms with van der Waals surface area (Å²) in [5, 5.41) is 27.0. The van der Waals surface area contributed by atoms with Gasteiger partial charge in [-0.1, -0.05) is 13.8 Å². The molecule has 0 aliphatic heterocycles. The second-order valence-electron chi connectivity index (χ2n) is 11.1. The second-order valence-corrected chi connectivity index (χ2v) is 11.1. The molecule has 2 atom stereocenters. The Morgan fingerprint density at radius 1 is 0.727 bits per heavy atom. The Morgan fingerprint density at radius 3 is 1.43 bits per heavy atom. The number of hydrogen-bond donors (Lipinski definition) is 4. The van der Waals surface area contributed by atoms with E-state index in [4.69, 9.17) is 9.47 Å². The van der Waals surface area contributed by atoms with Crippen molar-refractivity contribution in [2.45, 2.75) is 85.5 Å². The zero-order valence-electron chi connectivity index (χ0n) is 26.6. The summed E-state index contributed by atoms with van der Waals surface area (Å²) in [5.41, 5.74) is 1.57. The SMILES string of the molecule is CCCC(=O)Nc1ccc(OC[C@H](O)CN(C[C@@H](O)COc2ccc(NC(=O)CCC)cc2C(C)=O)C(C)C)c(C(C)=O)c1. The van der Waals surface area contributed by atoms with E-state index in [1.165, 1.54) is 13.8 Å². The standard InChI is InChI=1S/C33H47N3O8/c1-7-9-32(41)34-24-11-13-30(28(15-24)22(5)37)43-19-26(39)17-36(21(3)4)18-27(40)20-44-31-14-12-25(16-29(31)23(6)38)35-33(42)10-8-2/h11-16,21,26-27,39-40H,7-10,17-20H2,1-6H3,(H,34,41)(H,35,42)/t26-,27-/m1/s1. The molecule has 4 N–H and O–H groups in total. The molecule has 0 radical (unpaired) electrons. The number of rotatable bonds is 19.